The Balaban J connectivity index is 1.92. The fourth-order valence-corrected chi connectivity index (χ4v) is 2.21. The van der Waals surface area contributed by atoms with Crippen molar-refractivity contribution in [1.29, 1.82) is 0 Å². The topological polar surface area (TPSA) is 45.7 Å². The molecule has 0 atom stereocenters. The SMILES string of the molecule is CCNC(=NCc1ccc(F)cc1)NCc1ccc(COC)cc1. The summed E-state index contributed by atoms with van der Waals surface area (Å²) < 4.78 is 18.0. The number of rotatable bonds is 7. The van der Waals surface area contributed by atoms with Gasteiger partial charge in [0.25, 0.3) is 0 Å². The zero-order valence-electron chi connectivity index (χ0n) is 14.2. The first kappa shape index (κ1) is 17.9. The van der Waals surface area contributed by atoms with Crippen LogP contribution in [0.4, 0.5) is 4.39 Å². The third kappa shape index (κ3) is 6.01. The van der Waals surface area contributed by atoms with Crippen LogP contribution in [-0.4, -0.2) is 19.6 Å². The maximum Gasteiger partial charge on any atom is 0.191 e. The van der Waals surface area contributed by atoms with Gasteiger partial charge in [0.1, 0.15) is 5.82 Å². The van der Waals surface area contributed by atoms with Crippen molar-refractivity contribution in [3.8, 4) is 0 Å². The maximum absolute atomic E-state index is 12.9. The van der Waals surface area contributed by atoms with Crippen LogP contribution in [0.1, 0.15) is 23.6 Å². The van der Waals surface area contributed by atoms with Crippen molar-refractivity contribution in [2.45, 2.75) is 26.6 Å². The van der Waals surface area contributed by atoms with Crippen molar-refractivity contribution >= 4 is 5.96 Å². The highest BCUT2D eigenvalue weighted by molar-refractivity contribution is 5.79. The highest BCUT2D eigenvalue weighted by Crippen LogP contribution is 2.06. The number of aliphatic imine (C=N–C) groups is 1. The molecule has 128 valence electrons. The number of halogens is 1. The van der Waals surface area contributed by atoms with E-state index >= 15 is 0 Å². The highest BCUT2D eigenvalue weighted by atomic mass is 19.1. The molecule has 5 heteroatoms. The van der Waals surface area contributed by atoms with Gasteiger partial charge in [-0.3, -0.25) is 0 Å². The van der Waals surface area contributed by atoms with Crippen molar-refractivity contribution < 1.29 is 9.13 Å². The molecule has 0 spiro atoms. The van der Waals surface area contributed by atoms with Crippen molar-refractivity contribution in [3.05, 3.63) is 71.0 Å². The Morgan fingerprint density at radius 3 is 2.21 bits per heavy atom. The van der Waals surface area contributed by atoms with Crippen molar-refractivity contribution in [2.75, 3.05) is 13.7 Å². The van der Waals surface area contributed by atoms with Crippen molar-refractivity contribution in [1.82, 2.24) is 10.6 Å². The average molecular weight is 329 g/mol. The van der Waals surface area contributed by atoms with E-state index in [0.717, 1.165) is 23.6 Å². The second-order valence-corrected chi connectivity index (χ2v) is 5.42. The normalized spacial score (nSPS) is 11.4. The predicted octanol–water partition coefficient (Wildman–Crippen LogP) is 3.23. The largest absolute Gasteiger partial charge is 0.380 e. The zero-order valence-corrected chi connectivity index (χ0v) is 14.2. The molecule has 24 heavy (non-hydrogen) atoms. The number of nitrogens with zero attached hydrogens (tertiary/aromatic N) is 1. The van der Waals surface area contributed by atoms with Crippen LogP contribution in [0.2, 0.25) is 0 Å². The lowest BCUT2D eigenvalue weighted by Gasteiger charge is -2.12. The quantitative estimate of drug-likeness (QED) is 0.605. The second kappa shape index (κ2) is 9.67. The molecule has 0 aliphatic carbocycles. The number of nitrogens with one attached hydrogen (secondary N) is 2. The first-order valence-corrected chi connectivity index (χ1v) is 8.04. The molecule has 0 bridgehead atoms. The Morgan fingerprint density at radius 1 is 0.958 bits per heavy atom. The minimum atomic E-state index is -0.232. The molecule has 0 aromatic heterocycles. The lowest BCUT2D eigenvalue weighted by atomic mass is 10.1. The maximum atomic E-state index is 12.9. The van der Waals surface area contributed by atoms with E-state index in [2.05, 4.69) is 39.9 Å². The van der Waals surface area contributed by atoms with E-state index in [1.807, 2.05) is 6.92 Å². The first-order valence-electron chi connectivity index (χ1n) is 8.04. The molecule has 0 saturated carbocycles. The summed E-state index contributed by atoms with van der Waals surface area (Å²) in [4.78, 5) is 4.53. The molecule has 0 saturated heterocycles. The average Bonchev–Trinajstić information content (AvgIpc) is 2.60. The minimum Gasteiger partial charge on any atom is -0.380 e. The number of ether oxygens (including phenoxy) is 1. The summed E-state index contributed by atoms with van der Waals surface area (Å²) in [5.74, 6) is 0.507. The van der Waals surface area contributed by atoms with Gasteiger partial charge >= 0.3 is 0 Å². The summed E-state index contributed by atoms with van der Waals surface area (Å²) in [5.41, 5.74) is 3.29. The molecular weight excluding hydrogens is 305 g/mol. The molecule has 0 amide bonds. The van der Waals surface area contributed by atoms with Gasteiger partial charge in [0.05, 0.1) is 13.2 Å². The standard InChI is InChI=1S/C19H24FN3O/c1-3-21-19(23-13-16-8-10-18(20)11-9-16)22-12-15-4-6-17(7-5-15)14-24-2/h4-11H,3,12-14H2,1-2H3,(H2,21,22,23). The van der Waals surface area contributed by atoms with E-state index in [1.54, 1.807) is 19.2 Å². The fraction of sp³-hybridized carbons (Fsp3) is 0.316. The van der Waals surface area contributed by atoms with Crippen LogP contribution in [0.15, 0.2) is 53.5 Å². The number of benzene rings is 2. The minimum absolute atomic E-state index is 0.232. The molecule has 0 fully saturated rings. The van der Waals surface area contributed by atoms with Gasteiger partial charge in [0, 0.05) is 20.2 Å². The molecule has 2 aromatic carbocycles. The molecule has 0 aliphatic heterocycles. The monoisotopic (exact) mass is 329 g/mol. The van der Waals surface area contributed by atoms with E-state index in [9.17, 15) is 4.39 Å². The molecule has 0 radical (unpaired) electrons. The molecule has 2 aromatic rings. The molecular formula is C19H24FN3O. The summed E-state index contributed by atoms with van der Waals surface area (Å²) in [7, 11) is 1.69. The van der Waals surface area contributed by atoms with Crippen LogP contribution in [0.5, 0.6) is 0 Å². The number of guanidine groups is 1. The summed E-state index contributed by atoms with van der Waals surface area (Å²) >= 11 is 0. The molecule has 0 heterocycles. The number of hydrogen-bond acceptors (Lipinski definition) is 2. The van der Waals surface area contributed by atoms with Gasteiger partial charge in [-0.05, 0) is 35.7 Å². The van der Waals surface area contributed by atoms with E-state index < -0.39 is 0 Å². The molecule has 4 nitrogen and oxygen atoms in total. The van der Waals surface area contributed by atoms with Gasteiger partial charge in [-0.15, -0.1) is 0 Å². The van der Waals surface area contributed by atoms with Crippen LogP contribution in [-0.2, 0) is 24.4 Å². The van der Waals surface area contributed by atoms with Crippen LogP contribution >= 0.6 is 0 Å². The van der Waals surface area contributed by atoms with Crippen LogP contribution in [0, 0.1) is 5.82 Å². The van der Waals surface area contributed by atoms with E-state index in [0.29, 0.717) is 19.7 Å². The highest BCUT2D eigenvalue weighted by Gasteiger charge is 2.00. The Morgan fingerprint density at radius 2 is 1.58 bits per heavy atom. The van der Waals surface area contributed by atoms with E-state index in [1.165, 1.54) is 17.7 Å². The Hall–Kier alpha value is -2.40. The van der Waals surface area contributed by atoms with Gasteiger partial charge in [0.2, 0.25) is 0 Å². The lowest BCUT2D eigenvalue weighted by molar-refractivity contribution is 0.185. The summed E-state index contributed by atoms with van der Waals surface area (Å²) in [6, 6.07) is 14.7. The predicted molar refractivity (Wildman–Crippen MR) is 95.2 cm³/mol. The fourth-order valence-electron chi connectivity index (χ4n) is 2.21. The van der Waals surface area contributed by atoms with Gasteiger partial charge < -0.3 is 15.4 Å². The van der Waals surface area contributed by atoms with Crippen molar-refractivity contribution in [2.24, 2.45) is 4.99 Å². The van der Waals surface area contributed by atoms with Crippen LogP contribution in [0.25, 0.3) is 0 Å². The Kier molecular flexibility index (Phi) is 7.23. The second-order valence-electron chi connectivity index (χ2n) is 5.42. The van der Waals surface area contributed by atoms with Crippen molar-refractivity contribution in [3.63, 3.8) is 0 Å². The van der Waals surface area contributed by atoms with E-state index in [-0.39, 0.29) is 5.82 Å². The summed E-state index contributed by atoms with van der Waals surface area (Å²) in [5, 5.41) is 6.51. The first-order chi connectivity index (χ1) is 11.7. The lowest BCUT2D eigenvalue weighted by Crippen LogP contribution is -2.36. The molecule has 2 N–H and O–H groups in total. The summed E-state index contributed by atoms with van der Waals surface area (Å²) in [6.07, 6.45) is 0. The number of hydrogen-bond donors (Lipinski definition) is 2. The molecule has 0 unspecified atom stereocenters. The van der Waals surface area contributed by atoms with Gasteiger partial charge in [-0.25, -0.2) is 9.38 Å². The Bertz CT molecular complexity index is 639. The van der Waals surface area contributed by atoms with Crippen LogP contribution < -0.4 is 10.6 Å². The van der Waals surface area contributed by atoms with Gasteiger partial charge in [-0.1, -0.05) is 36.4 Å². The summed E-state index contributed by atoms with van der Waals surface area (Å²) in [6.45, 7) is 4.61. The van der Waals surface area contributed by atoms with E-state index in [4.69, 9.17) is 4.74 Å². The molecule has 0 aliphatic rings. The smallest absolute Gasteiger partial charge is 0.191 e. The Labute approximate surface area is 142 Å². The third-order valence-electron chi connectivity index (χ3n) is 3.47. The van der Waals surface area contributed by atoms with Crippen LogP contribution in [0.3, 0.4) is 0 Å². The molecule has 2 rings (SSSR count). The van der Waals surface area contributed by atoms with Gasteiger partial charge in [0.15, 0.2) is 5.96 Å². The third-order valence-corrected chi connectivity index (χ3v) is 3.47. The zero-order chi connectivity index (χ0) is 17.2. The van der Waals surface area contributed by atoms with Gasteiger partial charge in [-0.2, -0.15) is 0 Å². The number of methoxy groups -OCH3 is 1.